The van der Waals surface area contributed by atoms with Crippen LogP contribution in [0.15, 0.2) is 24.4 Å². The summed E-state index contributed by atoms with van der Waals surface area (Å²) in [5.41, 5.74) is 6.56. The first-order chi connectivity index (χ1) is 10.1. The van der Waals surface area contributed by atoms with Crippen molar-refractivity contribution >= 4 is 5.91 Å². The van der Waals surface area contributed by atoms with E-state index in [0.29, 0.717) is 25.4 Å². The molecule has 0 aliphatic rings. The molecule has 2 N–H and O–H groups in total. The maximum Gasteiger partial charge on any atom is 0.223 e. The Labute approximate surface area is 128 Å². The predicted molar refractivity (Wildman–Crippen MR) is 86.6 cm³/mol. The lowest BCUT2D eigenvalue weighted by atomic mass is 9.96. The van der Waals surface area contributed by atoms with Crippen LogP contribution in [0, 0.1) is 5.92 Å². The number of pyridine rings is 1. The van der Waals surface area contributed by atoms with Gasteiger partial charge in [-0.15, -0.1) is 0 Å². The van der Waals surface area contributed by atoms with Crippen LogP contribution in [-0.4, -0.2) is 28.4 Å². The molecule has 0 spiro atoms. The second-order valence-corrected chi connectivity index (χ2v) is 5.83. The summed E-state index contributed by atoms with van der Waals surface area (Å²) in [7, 11) is 0. The Balaban J connectivity index is 2.57. The Morgan fingerprint density at radius 3 is 2.62 bits per heavy atom. The topological polar surface area (TPSA) is 59.2 Å². The first-order valence-electron chi connectivity index (χ1n) is 7.97. The van der Waals surface area contributed by atoms with Crippen molar-refractivity contribution in [2.24, 2.45) is 11.7 Å². The lowest BCUT2D eigenvalue weighted by Crippen LogP contribution is -2.36. The highest BCUT2D eigenvalue weighted by molar-refractivity contribution is 5.76. The fourth-order valence-electron chi connectivity index (χ4n) is 2.48. The van der Waals surface area contributed by atoms with Crippen LogP contribution in [0.3, 0.4) is 0 Å². The summed E-state index contributed by atoms with van der Waals surface area (Å²) in [6.07, 6.45) is 5.40. The van der Waals surface area contributed by atoms with E-state index in [2.05, 4.69) is 25.8 Å². The van der Waals surface area contributed by atoms with Gasteiger partial charge in [0.15, 0.2) is 0 Å². The minimum absolute atomic E-state index is 0.189. The van der Waals surface area contributed by atoms with Gasteiger partial charge in [-0.2, -0.15) is 0 Å². The molecule has 0 radical (unpaired) electrons. The van der Waals surface area contributed by atoms with Crippen molar-refractivity contribution in [2.45, 2.75) is 59.0 Å². The number of nitrogens with two attached hydrogens (primary N) is 1. The zero-order valence-electron chi connectivity index (χ0n) is 13.6. The van der Waals surface area contributed by atoms with Gasteiger partial charge in [-0.1, -0.05) is 19.4 Å². The molecule has 1 aromatic heterocycles. The quantitative estimate of drug-likeness (QED) is 0.761. The number of carbonyl (C=O) groups excluding carboxylic acids is 1. The smallest absolute Gasteiger partial charge is 0.223 e. The SMILES string of the molecule is CCC(CCN)CCC(=O)N(Cc1ccccn1)C(C)C. The lowest BCUT2D eigenvalue weighted by Gasteiger charge is -2.27. The summed E-state index contributed by atoms with van der Waals surface area (Å²) in [5.74, 6) is 0.772. The van der Waals surface area contributed by atoms with Crippen LogP contribution in [0.4, 0.5) is 0 Å². The molecule has 1 amide bonds. The maximum absolute atomic E-state index is 12.5. The first kappa shape index (κ1) is 17.6. The van der Waals surface area contributed by atoms with Crippen LogP contribution in [0.2, 0.25) is 0 Å². The highest BCUT2D eigenvalue weighted by Crippen LogP contribution is 2.17. The number of carbonyl (C=O) groups is 1. The van der Waals surface area contributed by atoms with Gasteiger partial charge in [0, 0.05) is 18.7 Å². The third kappa shape index (κ3) is 6.25. The van der Waals surface area contributed by atoms with E-state index >= 15 is 0 Å². The molecule has 4 nitrogen and oxygen atoms in total. The van der Waals surface area contributed by atoms with E-state index in [4.69, 9.17) is 5.73 Å². The molecule has 118 valence electrons. The predicted octanol–water partition coefficient (Wildman–Crippen LogP) is 2.97. The Morgan fingerprint density at radius 2 is 2.10 bits per heavy atom. The third-order valence-electron chi connectivity index (χ3n) is 3.92. The third-order valence-corrected chi connectivity index (χ3v) is 3.92. The van der Waals surface area contributed by atoms with Crippen LogP contribution in [-0.2, 0) is 11.3 Å². The molecule has 0 aliphatic heterocycles. The molecule has 4 heteroatoms. The Morgan fingerprint density at radius 1 is 1.33 bits per heavy atom. The lowest BCUT2D eigenvalue weighted by molar-refractivity contribution is -0.134. The number of hydrogen-bond acceptors (Lipinski definition) is 3. The zero-order valence-corrected chi connectivity index (χ0v) is 13.6. The summed E-state index contributed by atoms with van der Waals surface area (Å²) in [4.78, 5) is 18.7. The van der Waals surface area contributed by atoms with E-state index in [1.165, 1.54) is 0 Å². The number of rotatable bonds is 9. The molecule has 1 aromatic rings. The van der Waals surface area contributed by atoms with Gasteiger partial charge in [-0.25, -0.2) is 0 Å². The second-order valence-electron chi connectivity index (χ2n) is 5.83. The van der Waals surface area contributed by atoms with E-state index in [1.807, 2.05) is 23.1 Å². The van der Waals surface area contributed by atoms with Crippen LogP contribution < -0.4 is 5.73 Å². The summed E-state index contributed by atoms with van der Waals surface area (Å²) in [5, 5.41) is 0. The zero-order chi connectivity index (χ0) is 15.7. The minimum Gasteiger partial charge on any atom is -0.334 e. The monoisotopic (exact) mass is 291 g/mol. The van der Waals surface area contributed by atoms with E-state index in [9.17, 15) is 4.79 Å². The highest BCUT2D eigenvalue weighted by atomic mass is 16.2. The molecular weight excluding hydrogens is 262 g/mol. The second kappa shape index (κ2) is 9.50. The largest absolute Gasteiger partial charge is 0.334 e. The van der Waals surface area contributed by atoms with Gasteiger partial charge in [0.1, 0.15) is 0 Å². The molecular formula is C17H29N3O. The highest BCUT2D eigenvalue weighted by Gasteiger charge is 2.18. The molecule has 21 heavy (non-hydrogen) atoms. The van der Waals surface area contributed by atoms with Crippen molar-refractivity contribution in [2.75, 3.05) is 6.54 Å². The molecule has 0 fully saturated rings. The van der Waals surface area contributed by atoms with Crippen molar-refractivity contribution in [1.29, 1.82) is 0 Å². The van der Waals surface area contributed by atoms with Crippen LogP contribution in [0.5, 0.6) is 0 Å². The summed E-state index contributed by atoms with van der Waals surface area (Å²) < 4.78 is 0. The summed E-state index contributed by atoms with van der Waals surface area (Å²) in [6.45, 7) is 7.56. The van der Waals surface area contributed by atoms with Crippen molar-refractivity contribution in [3.05, 3.63) is 30.1 Å². The van der Waals surface area contributed by atoms with E-state index in [-0.39, 0.29) is 11.9 Å². The van der Waals surface area contributed by atoms with Gasteiger partial charge in [0.05, 0.1) is 12.2 Å². The molecule has 1 heterocycles. The molecule has 0 saturated heterocycles. The Kier molecular flexibility index (Phi) is 7.98. The van der Waals surface area contributed by atoms with Crippen LogP contribution >= 0.6 is 0 Å². The van der Waals surface area contributed by atoms with Crippen LogP contribution in [0.25, 0.3) is 0 Å². The van der Waals surface area contributed by atoms with Gasteiger partial charge < -0.3 is 10.6 Å². The normalized spacial score (nSPS) is 12.4. The number of nitrogens with zero attached hydrogens (tertiary/aromatic N) is 2. The Hall–Kier alpha value is -1.42. The van der Waals surface area contributed by atoms with E-state index in [1.54, 1.807) is 6.20 Å². The minimum atomic E-state index is 0.189. The van der Waals surface area contributed by atoms with Gasteiger partial charge in [-0.3, -0.25) is 9.78 Å². The molecule has 0 aliphatic carbocycles. The van der Waals surface area contributed by atoms with Crippen molar-refractivity contribution in [3.63, 3.8) is 0 Å². The fraction of sp³-hybridized carbons (Fsp3) is 0.647. The number of amides is 1. The molecule has 1 rings (SSSR count). The molecule has 0 saturated carbocycles. The van der Waals surface area contributed by atoms with Crippen molar-refractivity contribution in [1.82, 2.24) is 9.88 Å². The van der Waals surface area contributed by atoms with Gasteiger partial charge in [0.2, 0.25) is 5.91 Å². The van der Waals surface area contributed by atoms with Crippen LogP contribution in [0.1, 0.15) is 52.1 Å². The molecule has 1 atom stereocenters. The first-order valence-corrected chi connectivity index (χ1v) is 7.97. The van der Waals surface area contributed by atoms with Gasteiger partial charge in [0.25, 0.3) is 0 Å². The maximum atomic E-state index is 12.5. The summed E-state index contributed by atoms with van der Waals surface area (Å²) in [6, 6.07) is 6.00. The molecule has 0 aromatic carbocycles. The summed E-state index contributed by atoms with van der Waals surface area (Å²) >= 11 is 0. The van der Waals surface area contributed by atoms with E-state index < -0.39 is 0 Å². The standard InChI is InChI=1S/C17H29N3O/c1-4-15(10-11-18)8-9-17(21)20(14(2)3)13-16-7-5-6-12-19-16/h5-7,12,14-15H,4,8-11,13,18H2,1-3H3. The van der Waals surface area contributed by atoms with E-state index in [0.717, 1.165) is 25.0 Å². The van der Waals surface area contributed by atoms with Crippen molar-refractivity contribution < 1.29 is 4.79 Å². The molecule has 1 unspecified atom stereocenters. The Bertz CT molecular complexity index is 406. The van der Waals surface area contributed by atoms with Gasteiger partial charge in [-0.05, 0) is 51.3 Å². The fourth-order valence-corrected chi connectivity index (χ4v) is 2.48. The average Bonchev–Trinajstić information content (AvgIpc) is 2.49. The molecule has 0 bridgehead atoms. The number of hydrogen-bond donors (Lipinski definition) is 1. The number of aromatic nitrogens is 1. The average molecular weight is 291 g/mol. The van der Waals surface area contributed by atoms with Crippen molar-refractivity contribution in [3.8, 4) is 0 Å². The van der Waals surface area contributed by atoms with Gasteiger partial charge >= 0.3 is 0 Å².